The number of aromatic nitrogens is 1. The van der Waals surface area contributed by atoms with Crippen LogP contribution in [0.4, 0.5) is 5.13 Å². The van der Waals surface area contributed by atoms with Crippen LogP contribution in [-0.2, 0) is 11.2 Å². The molecule has 3 rings (SSSR count). The number of anilines is 1. The number of fused-ring (bicyclic) bond motifs is 1. The highest BCUT2D eigenvalue weighted by Crippen LogP contribution is 2.45. The molecule has 1 aliphatic rings. The van der Waals surface area contributed by atoms with Gasteiger partial charge in [-0.3, -0.25) is 4.79 Å². The lowest BCUT2D eigenvalue weighted by Gasteiger charge is -2.18. The highest BCUT2D eigenvalue weighted by Gasteiger charge is 2.33. The van der Waals surface area contributed by atoms with Crippen molar-refractivity contribution in [2.24, 2.45) is 0 Å². The fourth-order valence-corrected chi connectivity index (χ4v) is 3.56. The number of thiazole rings is 1. The summed E-state index contributed by atoms with van der Waals surface area (Å²) < 4.78 is 12.0. The normalized spacial score (nSPS) is 14.7. The molecule has 0 fully saturated rings. The number of amides is 1. The monoisotopic (exact) mass is 380 g/mol. The molecular weight excluding hydrogens is 360 g/mol. The second kappa shape index (κ2) is 7.22. The Hall–Kier alpha value is -1.79. The highest BCUT2D eigenvalue weighted by atomic mass is 35.5. The van der Waals surface area contributed by atoms with Gasteiger partial charge in [-0.25, -0.2) is 4.98 Å². The van der Waals surface area contributed by atoms with E-state index in [1.807, 2.05) is 11.4 Å². The molecule has 2 aromatic rings. The van der Waals surface area contributed by atoms with Gasteiger partial charge in [0.05, 0.1) is 12.3 Å². The predicted molar refractivity (Wildman–Crippen MR) is 101 cm³/mol. The molecule has 2 heterocycles. The SMILES string of the molecule is CCCOc1cc(-c2csc(NC(=O)CCl)n2)cc2c1OC(C)(C)C2. The number of alkyl halides is 1. The van der Waals surface area contributed by atoms with Gasteiger partial charge in [0, 0.05) is 22.9 Å². The van der Waals surface area contributed by atoms with Gasteiger partial charge in [-0.15, -0.1) is 22.9 Å². The van der Waals surface area contributed by atoms with E-state index in [0.717, 1.165) is 41.2 Å². The average molecular weight is 381 g/mol. The van der Waals surface area contributed by atoms with Crippen molar-refractivity contribution in [2.45, 2.75) is 39.2 Å². The summed E-state index contributed by atoms with van der Waals surface area (Å²) in [5, 5.41) is 5.13. The number of hydrogen-bond donors (Lipinski definition) is 1. The van der Waals surface area contributed by atoms with Gasteiger partial charge in [0.2, 0.25) is 5.91 Å². The number of benzene rings is 1. The van der Waals surface area contributed by atoms with Crippen LogP contribution in [0.2, 0.25) is 0 Å². The number of rotatable bonds is 6. The second-order valence-corrected chi connectivity index (χ2v) is 7.69. The molecule has 1 aliphatic heterocycles. The van der Waals surface area contributed by atoms with Crippen LogP contribution in [0.3, 0.4) is 0 Å². The molecule has 0 saturated heterocycles. The molecule has 1 aromatic carbocycles. The maximum atomic E-state index is 11.4. The van der Waals surface area contributed by atoms with Crippen LogP contribution in [0.15, 0.2) is 17.5 Å². The van der Waals surface area contributed by atoms with Crippen molar-refractivity contribution in [2.75, 3.05) is 17.8 Å². The van der Waals surface area contributed by atoms with E-state index in [0.29, 0.717) is 11.7 Å². The third-order valence-electron chi connectivity index (χ3n) is 3.76. The van der Waals surface area contributed by atoms with E-state index in [1.165, 1.54) is 11.3 Å². The number of ether oxygens (including phenoxy) is 2. The minimum absolute atomic E-state index is 0.0881. The Kier molecular flexibility index (Phi) is 5.20. The Labute approximate surface area is 156 Å². The molecule has 0 saturated carbocycles. The number of hydrogen-bond acceptors (Lipinski definition) is 5. The first-order chi connectivity index (χ1) is 11.9. The molecule has 25 heavy (non-hydrogen) atoms. The Morgan fingerprint density at radius 2 is 2.28 bits per heavy atom. The summed E-state index contributed by atoms with van der Waals surface area (Å²) in [4.78, 5) is 15.9. The molecule has 0 radical (unpaired) electrons. The zero-order chi connectivity index (χ0) is 18.0. The van der Waals surface area contributed by atoms with Gasteiger partial charge in [0.15, 0.2) is 16.6 Å². The van der Waals surface area contributed by atoms with Crippen molar-refractivity contribution < 1.29 is 14.3 Å². The highest BCUT2D eigenvalue weighted by molar-refractivity contribution is 7.14. The third kappa shape index (κ3) is 4.07. The fraction of sp³-hybridized carbons (Fsp3) is 0.444. The lowest BCUT2D eigenvalue weighted by molar-refractivity contribution is -0.113. The van der Waals surface area contributed by atoms with Gasteiger partial charge >= 0.3 is 0 Å². The summed E-state index contributed by atoms with van der Waals surface area (Å²) in [7, 11) is 0. The van der Waals surface area contributed by atoms with Crippen LogP contribution in [0.5, 0.6) is 11.5 Å². The Balaban J connectivity index is 1.93. The van der Waals surface area contributed by atoms with Crippen LogP contribution in [0, 0.1) is 0 Å². The molecule has 134 valence electrons. The smallest absolute Gasteiger partial charge is 0.241 e. The van der Waals surface area contributed by atoms with E-state index >= 15 is 0 Å². The number of halogens is 1. The first kappa shape index (κ1) is 18.0. The maximum absolute atomic E-state index is 11.4. The van der Waals surface area contributed by atoms with E-state index in [9.17, 15) is 4.79 Å². The van der Waals surface area contributed by atoms with Crippen LogP contribution in [0.25, 0.3) is 11.3 Å². The van der Waals surface area contributed by atoms with Crippen LogP contribution in [0.1, 0.15) is 32.8 Å². The summed E-state index contributed by atoms with van der Waals surface area (Å²) in [6, 6.07) is 4.04. The Morgan fingerprint density at radius 3 is 3.00 bits per heavy atom. The van der Waals surface area contributed by atoms with Crippen molar-refractivity contribution in [1.82, 2.24) is 4.98 Å². The van der Waals surface area contributed by atoms with Crippen molar-refractivity contribution in [3.05, 3.63) is 23.1 Å². The lowest BCUT2D eigenvalue weighted by Crippen LogP contribution is -2.24. The molecule has 7 heteroatoms. The first-order valence-electron chi connectivity index (χ1n) is 8.22. The molecule has 1 amide bonds. The molecule has 1 N–H and O–H groups in total. The zero-order valence-corrected chi connectivity index (χ0v) is 16.1. The van der Waals surface area contributed by atoms with E-state index in [2.05, 4.69) is 37.1 Å². The first-order valence-corrected chi connectivity index (χ1v) is 9.63. The minimum Gasteiger partial charge on any atom is -0.490 e. The van der Waals surface area contributed by atoms with E-state index < -0.39 is 0 Å². The molecule has 5 nitrogen and oxygen atoms in total. The third-order valence-corrected chi connectivity index (χ3v) is 4.76. The van der Waals surface area contributed by atoms with Gasteiger partial charge in [-0.1, -0.05) is 6.92 Å². The maximum Gasteiger partial charge on any atom is 0.241 e. The van der Waals surface area contributed by atoms with Gasteiger partial charge < -0.3 is 14.8 Å². The zero-order valence-electron chi connectivity index (χ0n) is 14.5. The molecule has 1 aromatic heterocycles. The van der Waals surface area contributed by atoms with Gasteiger partial charge in [0.25, 0.3) is 0 Å². The summed E-state index contributed by atoms with van der Waals surface area (Å²) in [6.45, 7) is 6.84. The molecule has 0 unspecified atom stereocenters. The molecule has 0 atom stereocenters. The molecule has 0 aliphatic carbocycles. The predicted octanol–water partition coefficient (Wildman–Crippen LogP) is 4.49. The lowest BCUT2D eigenvalue weighted by atomic mass is 9.99. The minimum atomic E-state index is -0.265. The van der Waals surface area contributed by atoms with E-state index in [4.69, 9.17) is 21.1 Å². The van der Waals surface area contributed by atoms with Gasteiger partial charge in [0.1, 0.15) is 11.5 Å². The molecule has 0 bridgehead atoms. The van der Waals surface area contributed by atoms with Crippen molar-refractivity contribution in [3.63, 3.8) is 0 Å². The number of carbonyl (C=O) groups is 1. The number of carbonyl (C=O) groups excluding carboxylic acids is 1. The molecule has 0 spiro atoms. The van der Waals surface area contributed by atoms with Crippen LogP contribution in [-0.4, -0.2) is 29.0 Å². The number of nitrogens with one attached hydrogen (secondary N) is 1. The Morgan fingerprint density at radius 1 is 1.48 bits per heavy atom. The summed E-state index contributed by atoms with van der Waals surface area (Å²) in [6.07, 6.45) is 1.74. The number of nitrogens with zero attached hydrogens (tertiary/aromatic N) is 1. The van der Waals surface area contributed by atoms with E-state index in [-0.39, 0.29) is 17.4 Å². The largest absolute Gasteiger partial charge is 0.490 e. The topological polar surface area (TPSA) is 60.5 Å². The summed E-state index contributed by atoms with van der Waals surface area (Å²) in [5.41, 5.74) is 2.62. The van der Waals surface area contributed by atoms with Crippen molar-refractivity contribution in [1.29, 1.82) is 0 Å². The van der Waals surface area contributed by atoms with Crippen molar-refractivity contribution in [3.8, 4) is 22.8 Å². The second-order valence-electron chi connectivity index (χ2n) is 6.57. The van der Waals surface area contributed by atoms with E-state index in [1.54, 1.807) is 0 Å². The van der Waals surface area contributed by atoms with Gasteiger partial charge in [-0.2, -0.15) is 0 Å². The molecular formula is C18H21ClN2O3S. The van der Waals surface area contributed by atoms with Gasteiger partial charge in [-0.05, 0) is 32.4 Å². The average Bonchev–Trinajstić information content (AvgIpc) is 3.14. The summed E-state index contributed by atoms with van der Waals surface area (Å²) in [5.74, 6) is 1.22. The Bertz CT molecular complexity index is 789. The quantitative estimate of drug-likeness (QED) is 0.750. The van der Waals surface area contributed by atoms with Crippen LogP contribution >= 0.6 is 22.9 Å². The fourth-order valence-electron chi connectivity index (χ4n) is 2.76. The summed E-state index contributed by atoms with van der Waals surface area (Å²) >= 11 is 6.89. The van der Waals surface area contributed by atoms with Crippen LogP contribution < -0.4 is 14.8 Å². The standard InChI is InChI=1S/C18H21ClN2O3S/c1-4-5-23-14-7-11(6-12-8-18(2,3)24-16(12)14)13-10-25-17(20-13)21-15(22)9-19/h6-7,10H,4-5,8-9H2,1-3H3,(H,20,21,22). The van der Waals surface area contributed by atoms with Crippen molar-refractivity contribution >= 4 is 34.0 Å².